The van der Waals surface area contributed by atoms with Crippen LogP contribution in [-0.2, 0) is 9.59 Å². The zero-order valence-corrected chi connectivity index (χ0v) is 16.0. The molecule has 1 amide bonds. The van der Waals surface area contributed by atoms with Gasteiger partial charge in [-0.2, -0.15) is 0 Å². The van der Waals surface area contributed by atoms with Gasteiger partial charge in [0.05, 0.1) is 32.0 Å². The van der Waals surface area contributed by atoms with Gasteiger partial charge in [-0.15, -0.1) is 0 Å². The maximum Gasteiger partial charge on any atom is 0.306 e. The molecule has 1 atom stereocenters. The molecule has 0 saturated heterocycles. The highest BCUT2D eigenvalue weighted by Crippen LogP contribution is 2.38. The Labute approximate surface area is 163 Å². The van der Waals surface area contributed by atoms with Crippen molar-refractivity contribution in [3.8, 4) is 11.5 Å². The number of ether oxygens (including phenoxy) is 2. The highest BCUT2D eigenvalue weighted by atomic mass is 16.5. The minimum atomic E-state index is -1.08. The first-order chi connectivity index (χ1) is 13.5. The van der Waals surface area contributed by atoms with Crippen LogP contribution < -0.4 is 14.4 Å². The fraction of sp³-hybridized carbons (Fsp3) is 0.286. The summed E-state index contributed by atoms with van der Waals surface area (Å²) in [7, 11) is 3.06. The predicted molar refractivity (Wildman–Crippen MR) is 106 cm³/mol. The molecule has 1 aliphatic heterocycles. The summed E-state index contributed by atoms with van der Waals surface area (Å²) in [4.78, 5) is 30.6. The Morgan fingerprint density at radius 2 is 1.79 bits per heavy atom. The minimum absolute atomic E-state index is 0.357. The lowest BCUT2D eigenvalue weighted by Crippen LogP contribution is -2.38. The Balaban J connectivity index is 2.31. The van der Waals surface area contributed by atoms with E-state index in [1.807, 2.05) is 37.3 Å². The van der Waals surface area contributed by atoms with E-state index in [4.69, 9.17) is 9.47 Å². The second-order valence-electron chi connectivity index (χ2n) is 6.26. The van der Waals surface area contributed by atoms with E-state index in [-0.39, 0.29) is 12.3 Å². The fourth-order valence-corrected chi connectivity index (χ4v) is 3.31. The number of amides is 1. The van der Waals surface area contributed by atoms with Gasteiger partial charge in [0, 0.05) is 23.7 Å². The first-order valence-electron chi connectivity index (χ1n) is 8.92. The van der Waals surface area contributed by atoms with E-state index in [2.05, 4.69) is 4.99 Å². The molecule has 2 aromatic carbocycles. The first kappa shape index (κ1) is 19.4. The number of aliphatic imine (C=N–C) groups is 1. The summed E-state index contributed by atoms with van der Waals surface area (Å²) in [6.07, 6.45) is -0.381. The van der Waals surface area contributed by atoms with Crippen LogP contribution >= 0.6 is 0 Å². The Morgan fingerprint density at radius 3 is 2.36 bits per heavy atom. The van der Waals surface area contributed by atoms with Crippen LogP contribution in [0.1, 0.15) is 24.5 Å². The van der Waals surface area contributed by atoms with Gasteiger partial charge in [0.1, 0.15) is 6.04 Å². The van der Waals surface area contributed by atoms with Crippen LogP contribution in [0.15, 0.2) is 47.5 Å². The number of carboxylic acid groups (broad SMARTS) is 1. The van der Waals surface area contributed by atoms with Crippen LogP contribution in [0.3, 0.4) is 0 Å². The number of hydrogen-bond donors (Lipinski definition) is 1. The second kappa shape index (κ2) is 8.12. The molecule has 7 nitrogen and oxygen atoms in total. The number of rotatable bonds is 6. The van der Waals surface area contributed by atoms with Crippen LogP contribution in [0.25, 0.3) is 0 Å². The molecular formula is C21H22N2O5. The predicted octanol–water partition coefficient (Wildman–Crippen LogP) is 2.75. The van der Waals surface area contributed by atoms with Gasteiger partial charge in [0.2, 0.25) is 0 Å². The van der Waals surface area contributed by atoms with Crippen molar-refractivity contribution < 1.29 is 24.2 Å². The standard InChI is InChI=1S/C21H22N2O5/c1-4-23-16-12-18(28-3)17(27-2)10-14(16)20(13-8-6-5-7-9-13)22-15(21(23)26)11-19(24)25/h5-10,12,15H,4,11H2,1-3H3,(H,24,25). The van der Waals surface area contributed by atoms with Crippen molar-refractivity contribution in [2.45, 2.75) is 19.4 Å². The van der Waals surface area contributed by atoms with Gasteiger partial charge in [-0.3, -0.25) is 14.6 Å². The average Bonchev–Trinajstić information content (AvgIpc) is 2.81. The number of nitrogens with zero attached hydrogens (tertiary/aromatic N) is 2. The summed E-state index contributed by atoms with van der Waals surface area (Å²) in [5, 5.41) is 9.29. The molecule has 1 N–H and O–H groups in total. The van der Waals surface area contributed by atoms with Crippen molar-refractivity contribution in [3.63, 3.8) is 0 Å². The number of carboxylic acids is 1. The molecule has 0 saturated carbocycles. The summed E-state index contributed by atoms with van der Waals surface area (Å²) in [5.41, 5.74) is 2.64. The molecule has 146 valence electrons. The maximum atomic E-state index is 13.1. The van der Waals surface area contributed by atoms with Gasteiger partial charge in [0.15, 0.2) is 11.5 Å². The highest BCUT2D eigenvalue weighted by molar-refractivity contribution is 6.20. The molecule has 0 fully saturated rings. The topological polar surface area (TPSA) is 88.4 Å². The molecule has 0 aliphatic carbocycles. The SMILES string of the molecule is CCN1C(=O)C(CC(=O)O)N=C(c2ccccc2)c2cc(OC)c(OC)cc21. The summed E-state index contributed by atoms with van der Waals surface area (Å²) in [5.74, 6) is -0.447. The summed E-state index contributed by atoms with van der Waals surface area (Å²) in [6.45, 7) is 2.21. The number of aliphatic carboxylic acids is 1. The third kappa shape index (κ3) is 3.55. The normalized spacial score (nSPS) is 16.1. The van der Waals surface area contributed by atoms with Gasteiger partial charge in [0.25, 0.3) is 5.91 Å². The molecule has 3 rings (SSSR count). The van der Waals surface area contributed by atoms with Crippen LogP contribution in [0.2, 0.25) is 0 Å². The Morgan fingerprint density at radius 1 is 1.14 bits per heavy atom. The van der Waals surface area contributed by atoms with Gasteiger partial charge in [-0.05, 0) is 13.0 Å². The molecule has 0 spiro atoms. The Bertz CT molecular complexity index is 924. The van der Waals surface area contributed by atoms with Gasteiger partial charge >= 0.3 is 5.97 Å². The first-order valence-corrected chi connectivity index (χ1v) is 8.92. The number of fused-ring (bicyclic) bond motifs is 1. The van der Waals surface area contributed by atoms with Crippen molar-refractivity contribution in [2.24, 2.45) is 4.99 Å². The number of anilines is 1. The Kier molecular flexibility index (Phi) is 5.63. The lowest BCUT2D eigenvalue weighted by Gasteiger charge is -2.24. The van der Waals surface area contributed by atoms with Crippen molar-refractivity contribution in [3.05, 3.63) is 53.6 Å². The van der Waals surface area contributed by atoms with Gasteiger partial charge in [-0.1, -0.05) is 30.3 Å². The van der Waals surface area contributed by atoms with E-state index in [0.29, 0.717) is 35.0 Å². The number of benzene rings is 2. The molecule has 1 heterocycles. The number of benzodiazepines with no additional fused rings is 1. The Hall–Kier alpha value is -3.35. The number of methoxy groups -OCH3 is 2. The number of hydrogen-bond acceptors (Lipinski definition) is 5. The molecule has 1 unspecified atom stereocenters. The van der Waals surface area contributed by atoms with E-state index in [9.17, 15) is 14.7 Å². The van der Waals surface area contributed by atoms with Crippen LogP contribution in [0, 0.1) is 0 Å². The van der Waals surface area contributed by atoms with E-state index >= 15 is 0 Å². The molecule has 28 heavy (non-hydrogen) atoms. The third-order valence-electron chi connectivity index (χ3n) is 4.62. The van der Waals surface area contributed by atoms with Gasteiger partial charge in [-0.25, -0.2) is 0 Å². The van der Waals surface area contributed by atoms with Crippen molar-refractivity contribution in [2.75, 3.05) is 25.7 Å². The number of carbonyl (C=O) groups excluding carboxylic acids is 1. The molecule has 0 aromatic heterocycles. The zero-order chi connectivity index (χ0) is 20.3. The summed E-state index contributed by atoms with van der Waals surface area (Å²) >= 11 is 0. The van der Waals surface area contributed by atoms with Crippen LogP contribution in [-0.4, -0.2) is 49.5 Å². The second-order valence-corrected chi connectivity index (χ2v) is 6.26. The average molecular weight is 382 g/mol. The minimum Gasteiger partial charge on any atom is -0.493 e. The zero-order valence-electron chi connectivity index (χ0n) is 16.0. The monoisotopic (exact) mass is 382 g/mol. The fourth-order valence-electron chi connectivity index (χ4n) is 3.31. The molecule has 0 radical (unpaired) electrons. The smallest absolute Gasteiger partial charge is 0.306 e. The number of likely N-dealkylation sites (N-methyl/N-ethyl adjacent to an activating group) is 1. The third-order valence-corrected chi connectivity index (χ3v) is 4.62. The largest absolute Gasteiger partial charge is 0.493 e. The summed E-state index contributed by atoms with van der Waals surface area (Å²) in [6, 6.07) is 11.9. The van der Waals surface area contributed by atoms with Crippen LogP contribution in [0.4, 0.5) is 5.69 Å². The lowest BCUT2D eigenvalue weighted by molar-refractivity contribution is -0.139. The lowest BCUT2D eigenvalue weighted by atomic mass is 9.99. The number of carbonyl (C=O) groups is 2. The van der Waals surface area contributed by atoms with Crippen molar-refractivity contribution in [1.29, 1.82) is 0 Å². The van der Waals surface area contributed by atoms with E-state index in [0.717, 1.165) is 5.56 Å². The molecule has 2 aromatic rings. The van der Waals surface area contributed by atoms with Crippen LogP contribution in [0.5, 0.6) is 11.5 Å². The molecule has 1 aliphatic rings. The van der Waals surface area contributed by atoms with E-state index in [1.54, 1.807) is 17.0 Å². The summed E-state index contributed by atoms with van der Waals surface area (Å²) < 4.78 is 10.8. The van der Waals surface area contributed by atoms with Crippen molar-refractivity contribution >= 4 is 23.3 Å². The molecular weight excluding hydrogens is 360 g/mol. The molecule has 0 bridgehead atoms. The van der Waals surface area contributed by atoms with E-state index < -0.39 is 12.0 Å². The highest BCUT2D eigenvalue weighted by Gasteiger charge is 2.33. The van der Waals surface area contributed by atoms with Gasteiger partial charge < -0.3 is 19.5 Å². The molecule has 7 heteroatoms. The maximum absolute atomic E-state index is 13.1. The van der Waals surface area contributed by atoms with Crippen molar-refractivity contribution in [1.82, 2.24) is 0 Å². The van der Waals surface area contributed by atoms with E-state index in [1.165, 1.54) is 14.2 Å². The quantitative estimate of drug-likeness (QED) is 0.830.